The van der Waals surface area contributed by atoms with Crippen LogP contribution in [0.1, 0.15) is 142 Å². The van der Waals surface area contributed by atoms with Crippen molar-refractivity contribution in [3.8, 4) is 57.1 Å². The Morgan fingerprint density at radius 2 is 0.761 bits per heavy atom. The van der Waals surface area contributed by atoms with Crippen LogP contribution in [0.15, 0.2) is 72.8 Å². The molecule has 4 aromatic rings. The Labute approximate surface area is 397 Å². The summed E-state index contributed by atoms with van der Waals surface area (Å²) in [4.78, 5) is 27.7. The molecule has 0 amide bonds. The van der Waals surface area contributed by atoms with E-state index in [1.807, 2.05) is 93.5 Å². The van der Waals surface area contributed by atoms with Gasteiger partial charge in [0.15, 0.2) is 23.0 Å². The van der Waals surface area contributed by atoms with Crippen LogP contribution in [-0.4, -0.2) is 64.8 Å². The molecule has 2 unspecified atom stereocenters. The van der Waals surface area contributed by atoms with Gasteiger partial charge in [0.1, 0.15) is 11.5 Å². The fourth-order valence-corrected chi connectivity index (χ4v) is 9.00. The van der Waals surface area contributed by atoms with Gasteiger partial charge in [0.2, 0.25) is 11.5 Å². The van der Waals surface area contributed by atoms with Crippen LogP contribution in [0.3, 0.4) is 0 Å². The summed E-state index contributed by atoms with van der Waals surface area (Å²) in [6.07, 6.45) is -0.466. The minimum Gasteiger partial charge on any atom is -0.493 e. The molecule has 0 aromatic heterocycles. The summed E-state index contributed by atoms with van der Waals surface area (Å²) in [5.74, 6) is 0.364. The summed E-state index contributed by atoms with van der Waals surface area (Å²) in [5, 5.41) is 0. The fraction of sp³-hybridized carbons (Fsp3) is 0.455. The molecule has 0 spiro atoms. The number of ether oxygens (including phenoxy) is 10. The Hall–Kier alpha value is -5.98. The van der Waals surface area contributed by atoms with Crippen molar-refractivity contribution in [1.29, 1.82) is 0 Å². The maximum absolute atomic E-state index is 13.8. The van der Waals surface area contributed by atoms with E-state index in [9.17, 15) is 9.59 Å². The van der Waals surface area contributed by atoms with Gasteiger partial charge in [-0.05, 0) is 104 Å². The van der Waals surface area contributed by atoms with Crippen molar-refractivity contribution in [2.45, 2.75) is 114 Å². The highest BCUT2D eigenvalue weighted by Crippen LogP contribution is 2.69. The topological polar surface area (TPSA) is 126 Å². The van der Waals surface area contributed by atoms with E-state index in [0.717, 1.165) is 22.3 Å². The lowest BCUT2D eigenvalue weighted by molar-refractivity contribution is -0.131. The summed E-state index contributed by atoms with van der Waals surface area (Å²) in [7, 11) is 0. The molecule has 362 valence electrons. The lowest BCUT2D eigenvalue weighted by atomic mass is 9.65. The number of hydrogen-bond donors (Lipinski definition) is 0. The van der Waals surface area contributed by atoms with Gasteiger partial charge in [-0.3, -0.25) is 0 Å². The van der Waals surface area contributed by atoms with Crippen LogP contribution in [0.5, 0.6) is 46.0 Å². The molecule has 5 rings (SSSR count). The second kappa shape index (κ2) is 23.7. The SMILES string of the molecule is C=C(C)C(=O)Oc1c(OCC)c(OCC)c(C2(c3c(OCC)c(OCC)c(OC(=O)C(=C)C)c(C(CC)OCC)c3OCC)c3ccccc3-c3ccccc32)c(OCC)c1C(CC)OCC. The maximum atomic E-state index is 13.8. The van der Waals surface area contributed by atoms with Crippen LogP contribution in [0.4, 0.5) is 0 Å². The monoisotopic (exact) mass is 922 g/mol. The number of carbonyl (C=O) groups is 2. The largest absolute Gasteiger partial charge is 0.493 e. The lowest BCUT2D eigenvalue weighted by Gasteiger charge is -2.41. The van der Waals surface area contributed by atoms with Crippen molar-refractivity contribution >= 4 is 11.9 Å². The summed E-state index contributed by atoms with van der Waals surface area (Å²) in [6, 6.07) is 16.3. The van der Waals surface area contributed by atoms with Crippen LogP contribution in [0.25, 0.3) is 11.1 Å². The van der Waals surface area contributed by atoms with Gasteiger partial charge in [0.25, 0.3) is 0 Å². The first-order chi connectivity index (χ1) is 32.4. The summed E-state index contributed by atoms with van der Waals surface area (Å²) < 4.78 is 67.4. The maximum Gasteiger partial charge on any atom is 0.338 e. The molecule has 12 heteroatoms. The van der Waals surface area contributed by atoms with Crippen LogP contribution >= 0.6 is 0 Å². The van der Waals surface area contributed by atoms with E-state index in [1.165, 1.54) is 0 Å². The summed E-state index contributed by atoms with van der Waals surface area (Å²) in [5.41, 5.74) is 4.20. The van der Waals surface area contributed by atoms with E-state index in [1.54, 1.807) is 13.8 Å². The second-order valence-electron chi connectivity index (χ2n) is 15.7. The number of rotatable bonds is 26. The molecule has 0 saturated carbocycles. The molecule has 0 radical (unpaired) electrons. The van der Waals surface area contributed by atoms with Gasteiger partial charge < -0.3 is 47.4 Å². The zero-order chi connectivity index (χ0) is 49.0. The molecule has 1 aliphatic rings. The summed E-state index contributed by atoms with van der Waals surface area (Å²) in [6.45, 7) is 31.8. The molecular formula is C55H70O12. The molecule has 0 saturated heterocycles. The molecule has 4 aromatic carbocycles. The Morgan fingerprint density at radius 3 is 1.06 bits per heavy atom. The van der Waals surface area contributed by atoms with Crippen LogP contribution in [0.2, 0.25) is 0 Å². The average molecular weight is 923 g/mol. The van der Waals surface area contributed by atoms with E-state index in [0.29, 0.717) is 59.8 Å². The highest BCUT2D eigenvalue weighted by atomic mass is 16.6. The molecule has 1 aliphatic carbocycles. The van der Waals surface area contributed by atoms with Gasteiger partial charge in [-0.2, -0.15) is 0 Å². The van der Waals surface area contributed by atoms with E-state index in [4.69, 9.17) is 47.4 Å². The highest BCUT2D eigenvalue weighted by Gasteiger charge is 2.56. The molecular weight excluding hydrogens is 853 g/mol. The molecule has 0 fully saturated rings. The van der Waals surface area contributed by atoms with E-state index in [2.05, 4.69) is 37.4 Å². The molecule has 67 heavy (non-hydrogen) atoms. The third-order valence-electron chi connectivity index (χ3n) is 11.4. The predicted molar refractivity (Wildman–Crippen MR) is 261 cm³/mol. The van der Waals surface area contributed by atoms with Gasteiger partial charge >= 0.3 is 11.9 Å². The smallest absolute Gasteiger partial charge is 0.338 e. The Bertz CT molecular complexity index is 2250. The molecule has 0 aliphatic heterocycles. The zero-order valence-electron chi connectivity index (χ0n) is 41.7. The van der Waals surface area contributed by atoms with Crippen molar-refractivity contribution in [3.05, 3.63) is 106 Å². The second-order valence-corrected chi connectivity index (χ2v) is 15.7. The standard InChI is InChI=1S/C55H70O12/c1-15-39(58-17-3)41-45(60-19-5)43(49(62-21-7)51(64-23-9)47(41)66-53(56)33(11)12)55(37-31-27-25-29-35(37)36-30-26-28-32-38(36)55)44-46(61-20-6)42(40(16-2)59-18-4)48(67-54(57)34(13)14)52(65-24-10)50(44)63-22-8/h25-32,39-40H,11,13,15-24H2,1-10,12,14H3. The van der Waals surface area contributed by atoms with Gasteiger partial charge in [0.05, 0.1) is 79.5 Å². The first kappa shape index (κ1) is 52.0. The summed E-state index contributed by atoms with van der Waals surface area (Å²) >= 11 is 0. The number of fused-ring (bicyclic) bond motifs is 3. The van der Waals surface area contributed by atoms with E-state index in [-0.39, 0.29) is 85.3 Å². The fourth-order valence-electron chi connectivity index (χ4n) is 9.00. The highest BCUT2D eigenvalue weighted by molar-refractivity contribution is 5.95. The van der Waals surface area contributed by atoms with Gasteiger partial charge in [-0.15, -0.1) is 0 Å². The van der Waals surface area contributed by atoms with Crippen molar-refractivity contribution < 1.29 is 57.0 Å². The first-order valence-electron chi connectivity index (χ1n) is 23.8. The number of carbonyl (C=O) groups excluding carboxylic acids is 2. The number of hydrogen-bond acceptors (Lipinski definition) is 12. The number of benzene rings is 4. The quantitative estimate of drug-likeness (QED) is 0.0298. The Kier molecular flexibility index (Phi) is 18.4. The average Bonchev–Trinajstić information content (AvgIpc) is 3.60. The molecule has 0 bridgehead atoms. The van der Waals surface area contributed by atoms with Crippen LogP contribution in [0, 0.1) is 0 Å². The van der Waals surface area contributed by atoms with Crippen LogP contribution < -0.4 is 37.9 Å². The molecule has 0 heterocycles. The number of esters is 2. The van der Waals surface area contributed by atoms with Crippen molar-refractivity contribution in [2.75, 3.05) is 52.9 Å². The van der Waals surface area contributed by atoms with Crippen molar-refractivity contribution in [2.24, 2.45) is 0 Å². The predicted octanol–water partition coefficient (Wildman–Crippen LogP) is 12.4. The van der Waals surface area contributed by atoms with E-state index < -0.39 is 29.6 Å². The van der Waals surface area contributed by atoms with Gasteiger partial charge in [0, 0.05) is 24.4 Å². The molecule has 0 N–H and O–H groups in total. The van der Waals surface area contributed by atoms with Crippen molar-refractivity contribution in [3.63, 3.8) is 0 Å². The zero-order valence-corrected chi connectivity index (χ0v) is 41.7. The minimum atomic E-state index is -1.51. The first-order valence-corrected chi connectivity index (χ1v) is 23.8. The third-order valence-corrected chi connectivity index (χ3v) is 11.4. The lowest BCUT2D eigenvalue weighted by Crippen LogP contribution is -2.33. The Balaban J connectivity index is 2.36. The van der Waals surface area contributed by atoms with Crippen LogP contribution in [-0.2, 0) is 24.5 Å². The molecule has 12 nitrogen and oxygen atoms in total. The van der Waals surface area contributed by atoms with Gasteiger partial charge in [-0.1, -0.05) is 75.5 Å². The van der Waals surface area contributed by atoms with Gasteiger partial charge in [-0.25, -0.2) is 9.59 Å². The van der Waals surface area contributed by atoms with E-state index >= 15 is 0 Å². The Morgan fingerprint density at radius 1 is 0.448 bits per heavy atom. The molecule has 2 atom stereocenters. The van der Waals surface area contributed by atoms with Crippen molar-refractivity contribution in [1.82, 2.24) is 0 Å². The normalized spacial score (nSPS) is 13.1. The minimum absolute atomic E-state index is 0.0933. The third kappa shape index (κ3) is 9.74.